The maximum atomic E-state index is 13.3. The van der Waals surface area contributed by atoms with Crippen LogP contribution in [0.1, 0.15) is 24.8 Å². The summed E-state index contributed by atoms with van der Waals surface area (Å²) in [5.41, 5.74) is 0.615. The highest BCUT2D eigenvalue weighted by Gasteiger charge is 2.33. The van der Waals surface area contributed by atoms with E-state index in [4.69, 9.17) is 11.6 Å². The van der Waals surface area contributed by atoms with Crippen LogP contribution in [0.5, 0.6) is 0 Å². The van der Waals surface area contributed by atoms with E-state index in [0.29, 0.717) is 18.7 Å². The lowest BCUT2D eigenvalue weighted by Crippen LogP contribution is -2.56. The summed E-state index contributed by atoms with van der Waals surface area (Å²) in [4.78, 5) is 28.5. The number of β-amino-alcohol motifs (C(OH)–C–C–N with tert-alkyl or cyclic N) is 1. The van der Waals surface area contributed by atoms with E-state index in [2.05, 4.69) is 5.32 Å². The molecular weight excluding hydrogens is 397 g/mol. The average molecular weight is 424 g/mol. The van der Waals surface area contributed by atoms with Crippen molar-refractivity contribution < 1.29 is 19.1 Å². The SMILES string of the molecule is O=C1CN(CC(O)C(C(=O)/C=C/c2ccc(F)c(Cl)c2)N2CCCCC2)CCN1. The van der Waals surface area contributed by atoms with E-state index in [9.17, 15) is 19.1 Å². The van der Waals surface area contributed by atoms with Crippen LogP contribution < -0.4 is 5.32 Å². The number of benzene rings is 1. The molecule has 0 aliphatic carbocycles. The molecule has 2 heterocycles. The van der Waals surface area contributed by atoms with Gasteiger partial charge in [-0.05, 0) is 49.7 Å². The molecule has 1 amide bonds. The van der Waals surface area contributed by atoms with Crippen LogP contribution in [0.15, 0.2) is 24.3 Å². The molecule has 1 aromatic rings. The number of piperidine rings is 1. The standard InChI is InChI=1S/C21H27ClFN3O3/c22-16-12-15(4-6-17(16)23)5-7-18(27)21(26-9-2-1-3-10-26)19(28)13-25-11-8-24-20(29)14-25/h4-7,12,19,21,28H,1-3,8-11,13-14H2,(H,24,29)/b7-5+. The summed E-state index contributed by atoms with van der Waals surface area (Å²) >= 11 is 5.80. The molecule has 1 aromatic carbocycles. The molecule has 29 heavy (non-hydrogen) atoms. The van der Waals surface area contributed by atoms with Crippen LogP contribution in [0.3, 0.4) is 0 Å². The summed E-state index contributed by atoms with van der Waals surface area (Å²) in [6.07, 6.45) is 5.19. The van der Waals surface area contributed by atoms with Gasteiger partial charge in [-0.15, -0.1) is 0 Å². The Hall–Kier alpha value is -1.80. The summed E-state index contributed by atoms with van der Waals surface area (Å²) in [6.45, 7) is 3.18. The van der Waals surface area contributed by atoms with E-state index < -0.39 is 18.0 Å². The Labute approximate surface area is 175 Å². The van der Waals surface area contributed by atoms with E-state index >= 15 is 0 Å². The number of aliphatic hydroxyl groups excluding tert-OH is 1. The van der Waals surface area contributed by atoms with Gasteiger partial charge in [0.25, 0.3) is 0 Å². The van der Waals surface area contributed by atoms with Crippen molar-refractivity contribution in [2.24, 2.45) is 0 Å². The van der Waals surface area contributed by atoms with E-state index in [1.54, 1.807) is 12.1 Å². The van der Waals surface area contributed by atoms with Crippen molar-refractivity contribution in [2.45, 2.75) is 31.4 Å². The average Bonchev–Trinajstić information content (AvgIpc) is 2.70. The largest absolute Gasteiger partial charge is 0.390 e. The van der Waals surface area contributed by atoms with Gasteiger partial charge in [-0.3, -0.25) is 19.4 Å². The Bertz CT molecular complexity index is 768. The molecule has 2 aliphatic rings. The molecule has 8 heteroatoms. The highest BCUT2D eigenvalue weighted by molar-refractivity contribution is 6.30. The summed E-state index contributed by atoms with van der Waals surface area (Å²) in [7, 11) is 0. The zero-order chi connectivity index (χ0) is 20.8. The van der Waals surface area contributed by atoms with Gasteiger partial charge in [0.1, 0.15) is 11.9 Å². The van der Waals surface area contributed by atoms with Gasteiger partial charge in [0, 0.05) is 19.6 Å². The molecule has 158 valence electrons. The second-order valence-electron chi connectivity index (χ2n) is 7.60. The Morgan fingerprint density at radius 2 is 2.03 bits per heavy atom. The van der Waals surface area contributed by atoms with Crippen molar-refractivity contribution in [3.63, 3.8) is 0 Å². The zero-order valence-corrected chi connectivity index (χ0v) is 17.1. The molecule has 0 aromatic heterocycles. The molecule has 2 unspecified atom stereocenters. The van der Waals surface area contributed by atoms with Gasteiger partial charge in [-0.1, -0.05) is 30.2 Å². The van der Waals surface area contributed by atoms with Gasteiger partial charge in [-0.25, -0.2) is 4.39 Å². The molecule has 0 saturated carbocycles. The minimum Gasteiger partial charge on any atom is -0.390 e. The van der Waals surface area contributed by atoms with Gasteiger partial charge in [-0.2, -0.15) is 0 Å². The first-order valence-corrected chi connectivity index (χ1v) is 10.4. The minimum absolute atomic E-state index is 0.00408. The Morgan fingerprint density at radius 3 is 2.72 bits per heavy atom. The monoisotopic (exact) mass is 423 g/mol. The number of halogens is 2. The van der Waals surface area contributed by atoms with E-state index in [1.807, 2.05) is 9.80 Å². The quantitative estimate of drug-likeness (QED) is 0.653. The maximum Gasteiger partial charge on any atom is 0.234 e. The lowest BCUT2D eigenvalue weighted by molar-refractivity contribution is -0.126. The van der Waals surface area contributed by atoms with Crippen molar-refractivity contribution >= 4 is 29.4 Å². The number of carbonyl (C=O) groups excluding carboxylic acids is 2. The van der Waals surface area contributed by atoms with Crippen molar-refractivity contribution in [3.8, 4) is 0 Å². The Kier molecular flexibility index (Phi) is 7.77. The lowest BCUT2D eigenvalue weighted by atomic mass is 9.99. The first-order chi connectivity index (χ1) is 13.9. The number of hydrogen-bond acceptors (Lipinski definition) is 5. The number of ketones is 1. The number of rotatable bonds is 7. The number of nitrogens with one attached hydrogen (secondary N) is 1. The normalized spacial score (nSPS) is 21.1. The predicted molar refractivity (Wildman–Crippen MR) is 110 cm³/mol. The zero-order valence-electron chi connectivity index (χ0n) is 16.3. The van der Waals surface area contributed by atoms with Crippen LogP contribution in [-0.4, -0.2) is 78.0 Å². The smallest absolute Gasteiger partial charge is 0.234 e. The van der Waals surface area contributed by atoms with Crippen molar-refractivity contribution in [1.82, 2.24) is 15.1 Å². The fourth-order valence-corrected chi connectivity index (χ4v) is 4.10. The second-order valence-corrected chi connectivity index (χ2v) is 8.01. The van der Waals surface area contributed by atoms with Crippen LogP contribution >= 0.6 is 11.6 Å². The third-order valence-corrected chi connectivity index (χ3v) is 5.68. The second kappa shape index (κ2) is 10.3. The molecule has 3 rings (SSSR count). The van der Waals surface area contributed by atoms with Crippen LogP contribution in [0.25, 0.3) is 6.08 Å². The van der Waals surface area contributed by atoms with Crippen LogP contribution in [0, 0.1) is 5.82 Å². The molecule has 2 atom stereocenters. The molecule has 2 fully saturated rings. The third kappa shape index (κ3) is 6.09. The fraction of sp³-hybridized carbons (Fsp3) is 0.524. The van der Waals surface area contributed by atoms with Crippen molar-refractivity contribution in [3.05, 3.63) is 40.7 Å². The maximum absolute atomic E-state index is 13.3. The summed E-state index contributed by atoms with van der Waals surface area (Å²) in [5, 5.41) is 13.7. The fourth-order valence-electron chi connectivity index (χ4n) is 3.91. The van der Waals surface area contributed by atoms with Gasteiger partial charge in [0.05, 0.1) is 17.7 Å². The van der Waals surface area contributed by atoms with Gasteiger partial charge in [0.2, 0.25) is 5.91 Å². The highest BCUT2D eigenvalue weighted by Crippen LogP contribution is 2.19. The number of aliphatic hydroxyl groups is 1. The number of nitrogens with zero attached hydrogens (tertiary/aromatic N) is 2. The number of piperazine rings is 1. The predicted octanol–water partition coefficient (Wildman–Crippen LogP) is 1.71. The third-order valence-electron chi connectivity index (χ3n) is 5.39. The molecule has 2 aliphatic heterocycles. The Morgan fingerprint density at radius 1 is 1.28 bits per heavy atom. The molecule has 6 nitrogen and oxygen atoms in total. The molecular formula is C21H27ClFN3O3. The molecule has 0 radical (unpaired) electrons. The van der Waals surface area contributed by atoms with Crippen LogP contribution in [0.4, 0.5) is 4.39 Å². The molecule has 0 spiro atoms. The number of carbonyl (C=O) groups is 2. The van der Waals surface area contributed by atoms with Gasteiger partial charge >= 0.3 is 0 Å². The topological polar surface area (TPSA) is 72.9 Å². The summed E-state index contributed by atoms with van der Waals surface area (Å²) < 4.78 is 13.3. The van der Waals surface area contributed by atoms with Crippen LogP contribution in [-0.2, 0) is 9.59 Å². The van der Waals surface area contributed by atoms with Gasteiger partial charge < -0.3 is 10.4 Å². The van der Waals surface area contributed by atoms with Gasteiger partial charge in [0.15, 0.2) is 5.78 Å². The van der Waals surface area contributed by atoms with Crippen molar-refractivity contribution in [2.75, 3.05) is 39.3 Å². The van der Waals surface area contributed by atoms with E-state index in [0.717, 1.165) is 32.4 Å². The van der Waals surface area contributed by atoms with Crippen molar-refractivity contribution in [1.29, 1.82) is 0 Å². The Balaban J connectivity index is 1.72. The number of likely N-dealkylation sites (tertiary alicyclic amines) is 1. The summed E-state index contributed by atoms with van der Waals surface area (Å²) in [5.74, 6) is -0.791. The van der Waals surface area contributed by atoms with E-state index in [-0.39, 0.29) is 29.8 Å². The van der Waals surface area contributed by atoms with E-state index in [1.165, 1.54) is 18.2 Å². The lowest BCUT2D eigenvalue weighted by Gasteiger charge is -2.38. The highest BCUT2D eigenvalue weighted by atomic mass is 35.5. The summed E-state index contributed by atoms with van der Waals surface area (Å²) in [6, 6.07) is 3.58. The first kappa shape index (κ1) is 21.9. The number of hydrogen-bond donors (Lipinski definition) is 2. The molecule has 2 saturated heterocycles. The molecule has 2 N–H and O–H groups in total. The minimum atomic E-state index is -0.909. The molecule has 0 bridgehead atoms. The number of amides is 1. The van der Waals surface area contributed by atoms with Crippen LogP contribution in [0.2, 0.25) is 5.02 Å². The first-order valence-electron chi connectivity index (χ1n) is 10.0.